The van der Waals surface area contributed by atoms with Crippen LogP contribution in [0.25, 0.3) is 0 Å². The zero-order valence-corrected chi connectivity index (χ0v) is 12.9. The molecule has 1 aromatic rings. The van der Waals surface area contributed by atoms with Crippen LogP contribution in [0, 0.1) is 11.6 Å². The van der Waals surface area contributed by atoms with Gasteiger partial charge in [0.05, 0.1) is 0 Å². The average Bonchev–Trinajstić information content (AvgIpc) is 2.43. The van der Waals surface area contributed by atoms with Crippen LogP contribution >= 0.6 is 0 Å². The topological polar surface area (TPSA) is 0 Å². The quantitative estimate of drug-likeness (QED) is 0.424. The van der Waals surface area contributed by atoms with Gasteiger partial charge in [0.15, 0.2) is 0 Å². The van der Waals surface area contributed by atoms with Crippen molar-refractivity contribution in [1.82, 2.24) is 0 Å². The molecule has 0 bridgehead atoms. The lowest BCUT2D eigenvalue weighted by atomic mass is 9.87. The zero-order valence-electron chi connectivity index (χ0n) is 12.9. The van der Waals surface area contributed by atoms with Crippen LogP contribution in [0.2, 0.25) is 0 Å². The molecular weight excluding hydrogens is 254 g/mol. The minimum atomic E-state index is -0.373. The molecule has 1 aromatic carbocycles. The van der Waals surface area contributed by atoms with Crippen molar-refractivity contribution in [1.29, 1.82) is 0 Å². The summed E-state index contributed by atoms with van der Waals surface area (Å²) in [5.41, 5.74) is 0.320. The summed E-state index contributed by atoms with van der Waals surface area (Å²) < 4.78 is 27.9. The molecule has 0 aliphatic heterocycles. The Bertz CT molecular complexity index is 353. The number of halogens is 2. The fourth-order valence-electron chi connectivity index (χ4n) is 2.79. The largest absolute Gasteiger partial charge is 0.207 e. The number of unbranched alkanes of at least 4 members (excludes halogenated alkanes) is 5. The van der Waals surface area contributed by atoms with Crippen LogP contribution in [-0.4, -0.2) is 0 Å². The molecule has 1 rings (SSSR count). The molecule has 0 aliphatic carbocycles. The molecule has 0 nitrogen and oxygen atoms in total. The van der Waals surface area contributed by atoms with Gasteiger partial charge in [-0.2, -0.15) is 0 Å². The maximum absolute atomic E-state index is 13.9. The van der Waals surface area contributed by atoms with Gasteiger partial charge in [0.1, 0.15) is 11.6 Å². The van der Waals surface area contributed by atoms with Gasteiger partial charge in [0.2, 0.25) is 0 Å². The molecule has 20 heavy (non-hydrogen) atoms. The summed E-state index contributed by atoms with van der Waals surface area (Å²) in [5, 5.41) is 0. The van der Waals surface area contributed by atoms with Crippen molar-refractivity contribution in [2.45, 2.75) is 77.6 Å². The second kappa shape index (κ2) is 9.90. The van der Waals surface area contributed by atoms with E-state index in [-0.39, 0.29) is 17.6 Å². The Morgan fingerprint density at radius 1 is 0.800 bits per heavy atom. The maximum Gasteiger partial charge on any atom is 0.129 e. The Labute approximate surface area is 122 Å². The van der Waals surface area contributed by atoms with Gasteiger partial charge in [0.25, 0.3) is 0 Å². The number of rotatable bonds is 10. The van der Waals surface area contributed by atoms with Crippen molar-refractivity contribution in [2.24, 2.45) is 0 Å². The highest BCUT2D eigenvalue weighted by atomic mass is 19.1. The molecule has 0 amide bonds. The predicted molar refractivity (Wildman–Crippen MR) is 82.0 cm³/mol. The van der Waals surface area contributed by atoms with Crippen LogP contribution in [0.15, 0.2) is 18.2 Å². The standard InChI is InChI=1S/C18H28F2/c1-3-5-7-9-12-15(11-8-6-4-2)18-16(19)13-10-14-17(18)20/h10,13-15H,3-9,11-12H2,1-2H3. The van der Waals surface area contributed by atoms with E-state index in [4.69, 9.17) is 0 Å². The van der Waals surface area contributed by atoms with Crippen molar-refractivity contribution < 1.29 is 8.78 Å². The van der Waals surface area contributed by atoms with E-state index >= 15 is 0 Å². The fourth-order valence-corrected chi connectivity index (χ4v) is 2.79. The SMILES string of the molecule is CCCCCCC(CCCCC)c1c(F)cccc1F. The molecule has 1 atom stereocenters. The Morgan fingerprint density at radius 2 is 1.30 bits per heavy atom. The maximum atomic E-state index is 13.9. The predicted octanol–water partition coefficient (Wildman–Crippen LogP) is 6.60. The Hall–Kier alpha value is -0.920. The third-order valence-electron chi connectivity index (χ3n) is 3.97. The Kier molecular flexibility index (Phi) is 8.48. The van der Waals surface area contributed by atoms with Gasteiger partial charge in [0, 0.05) is 5.56 Å². The van der Waals surface area contributed by atoms with Crippen molar-refractivity contribution in [3.63, 3.8) is 0 Å². The van der Waals surface area contributed by atoms with Crippen LogP contribution < -0.4 is 0 Å². The van der Waals surface area contributed by atoms with E-state index in [0.717, 1.165) is 44.9 Å². The van der Waals surface area contributed by atoms with Gasteiger partial charge in [-0.25, -0.2) is 8.78 Å². The Morgan fingerprint density at radius 3 is 1.85 bits per heavy atom. The average molecular weight is 282 g/mol. The monoisotopic (exact) mass is 282 g/mol. The molecule has 0 aromatic heterocycles. The first-order valence-corrected chi connectivity index (χ1v) is 8.14. The van der Waals surface area contributed by atoms with Gasteiger partial charge in [-0.15, -0.1) is 0 Å². The van der Waals surface area contributed by atoms with Gasteiger partial charge in [-0.05, 0) is 30.9 Å². The molecule has 0 N–H and O–H groups in total. The summed E-state index contributed by atoms with van der Waals surface area (Å²) in [4.78, 5) is 0. The molecule has 0 heterocycles. The number of hydrogen-bond acceptors (Lipinski definition) is 0. The van der Waals surface area contributed by atoms with E-state index in [1.807, 2.05) is 0 Å². The van der Waals surface area contributed by atoms with Gasteiger partial charge in [-0.1, -0.05) is 64.9 Å². The lowest BCUT2D eigenvalue weighted by Crippen LogP contribution is -2.05. The first kappa shape index (κ1) is 17.1. The molecule has 0 saturated carbocycles. The van der Waals surface area contributed by atoms with Crippen molar-refractivity contribution in [2.75, 3.05) is 0 Å². The smallest absolute Gasteiger partial charge is 0.129 e. The molecule has 0 spiro atoms. The van der Waals surface area contributed by atoms with E-state index in [2.05, 4.69) is 13.8 Å². The Balaban J connectivity index is 2.69. The lowest BCUT2D eigenvalue weighted by Gasteiger charge is -2.18. The third kappa shape index (κ3) is 5.60. The highest BCUT2D eigenvalue weighted by Crippen LogP contribution is 2.32. The summed E-state index contributed by atoms with van der Waals surface area (Å²) in [7, 11) is 0. The fraction of sp³-hybridized carbons (Fsp3) is 0.667. The molecule has 0 fully saturated rings. The minimum absolute atomic E-state index is 0.0413. The van der Waals surface area contributed by atoms with E-state index in [9.17, 15) is 8.78 Å². The number of hydrogen-bond donors (Lipinski definition) is 0. The summed E-state index contributed by atoms with van der Waals surface area (Å²) >= 11 is 0. The molecule has 114 valence electrons. The van der Waals surface area contributed by atoms with Gasteiger partial charge in [-0.3, -0.25) is 0 Å². The first-order valence-electron chi connectivity index (χ1n) is 8.14. The number of benzene rings is 1. The van der Waals surface area contributed by atoms with Gasteiger partial charge < -0.3 is 0 Å². The molecule has 0 radical (unpaired) electrons. The normalized spacial score (nSPS) is 12.6. The minimum Gasteiger partial charge on any atom is -0.207 e. The summed E-state index contributed by atoms with van der Waals surface area (Å²) in [6.07, 6.45) is 9.77. The van der Waals surface area contributed by atoms with E-state index < -0.39 is 0 Å². The summed E-state index contributed by atoms with van der Waals surface area (Å²) in [6.45, 7) is 4.33. The highest BCUT2D eigenvalue weighted by molar-refractivity contribution is 5.23. The molecule has 1 unspecified atom stereocenters. The highest BCUT2D eigenvalue weighted by Gasteiger charge is 2.19. The van der Waals surface area contributed by atoms with Crippen LogP contribution in [0.1, 0.15) is 83.1 Å². The van der Waals surface area contributed by atoms with Crippen molar-refractivity contribution in [3.8, 4) is 0 Å². The van der Waals surface area contributed by atoms with Crippen molar-refractivity contribution >= 4 is 0 Å². The summed E-state index contributed by atoms with van der Waals surface area (Å²) in [6, 6.07) is 4.23. The summed E-state index contributed by atoms with van der Waals surface area (Å²) in [5.74, 6) is -0.705. The third-order valence-corrected chi connectivity index (χ3v) is 3.97. The lowest BCUT2D eigenvalue weighted by molar-refractivity contribution is 0.455. The second-order valence-corrected chi connectivity index (χ2v) is 5.68. The van der Waals surface area contributed by atoms with Crippen LogP contribution in [0.3, 0.4) is 0 Å². The zero-order chi connectivity index (χ0) is 14.8. The molecule has 0 saturated heterocycles. The van der Waals surface area contributed by atoms with E-state index in [1.54, 1.807) is 0 Å². The first-order chi connectivity index (χ1) is 9.70. The van der Waals surface area contributed by atoms with Crippen LogP contribution in [0.5, 0.6) is 0 Å². The van der Waals surface area contributed by atoms with E-state index in [1.165, 1.54) is 31.0 Å². The van der Waals surface area contributed by atoms with Crippen molar-refractivity contribution in [3.05, 3.63) is 35.4 Å². The van der Waals surface area contributed by atoms with Gasteiger partial charge >= 0.3 is 0 Å². The second-order valence-electron chi connectivity index (χ2n) is 5.68. The van der Waals surface area contributed by atoms with Crippen LogP contribution in [0.4, 0.5) is 8.78 Å². The molecule has 2 heteroatoms. The van der Waals surface area contributed by atoms with Crippen LogP contribution in [-0.2, 0) is 0 Å². The van der Waals surface area contributed by atoms with E-state index in [0.29, 0.717) is 5.56 Å². The molecular formula is C18H28F2. The molecule has 0 aliphatic rings.